The quantitative estimate of drug-likeness (QED) is 0.453. The Morgan fingerprint density at radius 2 is 1.70 bits per heavy atom. The van der Waals surface area contributed by atoms with Crippen LogP contribution >= 0.6 is 0 Å². The average Bonchev–Trinajstić information content (AvgIpc) is 2.71. The number of hydrogen-bond donors (Lipinski definition) is 0. The summed E-state index contributed by atoms with van der Waals surface area (Å²) in [6, 6.07) is 19.2. The molecule has 0 saturated heterocycles. The zero-order valence-corrected chi connectivity index (χ0v) is 18.4. The Morgan fingerprint density at radius 3 is 2.40 bits per heavy atom. The van der Waals surface area contributed by atoms with Gasteiger partial charge in [-0.15, -0.1) is 0 Å². The fraction of sp³-hybridized carbons (Fsp3) is 0.321. The van der Waals surface area contributed by atoms with Gasteiger partial charge in [-0.05, 0) is 59.4 Å². The molecule has 0 N–H and O–H groups in total. The molecule has 3 rings (SSSR count). The number of rotatable bonds is 7. The van der Waals surface area contributed by atoms with Crippen molar-refractivity contribution in [3.8, 4) is 11.1 Å². The van der Waals surface area contributed by atoms with Crippen molar-refractivity contribution in [1.29, 1.82) is 0 Å². The molecule has 0 spiro atoms. The molecule has 30 heavy (non-hydrogen) atoms. The van der Waals surface area contributed by atoms with Crippen molar-refractivity contribution >= 4 is 12.0 Å². The molecule has 0 radical (unpaired) electrons. The molecule has 0 atom stereocenters. The van der Waals surface area contributed by atoms with Gasteiger partial charge in [0.2, 0.25) is 0 Å². The van der Waals surface area contributed by atoms with Gasteiger partial charge in [-0.1, -0.05) is 92.7 Å². The Labute approximate surface area is 181 Å². The van der Waals surface area contributed by atoms with Crippen molar-refractivity contribution < 1.29 is 9.53 Å². The summed E-state index contributed by atoms with van der Waals surface area (Å²) in [5.41, 5.74) is 6.61. The van der Waals surface area contributed by atoms with E-state index in [1.54, 1.807) is 0 Å². The second-order valence-corrected chi connectivity index (χ2v) is 8.69. The molecule has 1 aliphatic carbocycles. The van der Waals surface area contributed by atoms with Crippen molar-refractivity contribution in [2.45, 2.75) is 46.5 Å². The van der Waals surface area contributed by atoms with Gasteiger partial charge >= 0.3 is 5.97 Å². The lowest BCUT2D eigenvalue weighted by molar-refractivity contribution is -0.143. The summed E-state index contributed by atoms with van der Waals surface area (Å²) in [6.07, 6.45) is 12.1. The number of esters is 1. The average molecular weight is 401 g/mol. The Bertz CT molecular complexity index is 928. The van der Waals surface area contributed by atoms with E-state index in [0.29, 0.717) is 13.0 Å². The summed E-state index contributed by atoms with van der Waals surface area (Å²) < 4.78 is 4.99. The van der Waals surface area contributed by atoms with E-state index in [2.05, 4.69) is 86.7 Å². The molecule has 0 bridgehead atoms. The third kappa shape index (κ3) is 6.59. The van der Waals surface area contributed by atoms with Crippen molar-refractivity contribution in [2.24, 2.45) is 5.41 Å². The fourth-order valence-electron chi connectivity index (χ4n) is 3.99. The minimum Gasteiger partial charge on any atom is -0.466 e. The number of allylic oxidation sites excluding steroid dienone is 5. The number of ether oxygens (including phenoxy) is 1. The van der Waals surface area contributed by atoms with E-state index in [9.17, 15) is 4.79 Å². The Hall–Kier alpha value is -2.87. The molecule has 0 amide bonds. The van der Waals surface area contributed by atoms with Crippen LogP contribution in [0.25, 0.3) is 17.2 Å². The number of benzene rings is 2. The van der Waals surface area contributed by atoms with E-state index >= 15 is 0 Å². The van der Waals surface area contributed by atoms with E-state index in [0.717, 1.165) is 19.3 Å². The van der Waals surface area contributed by atoms with Gasteiger partial charge in [-0.25, -0.2) is 0 Å². The Kier molecular flexibility index (Phi) is 7.46. The zero-order valence-electron chi connectivity index (χ0n) is 18.4. The Balaban J connectivity index is 1.71. The first kappa shape index (κ1) is 21.8. The van der Waals surface area contributed by atoms with Crippen LogP contribution in [0.15, 0.2) is 84.0 Å². The van der Waals surface area contributed by atoms with Crippen molar-refractivity contribution in [3.63, 3.8) is 0 Å². The van der Waals surface area contributed by atoms with Crippen LogP contribution in [0.3, 0.4) is 0 Å². The molecule has 0 aliphatic heterocycles. The smallest absolute Gasteiger partial charge is 0.306 e. The maximum absolute atomic E-state index is 11.5. The second-order valence-electron chi connectivity index (χ2n) is 8.69. The van der Waals surface area contributed by atoms with E-state index in [1.165, 1.54) is 27.8 Å². The van der Waals surface area contributed by atoms with E-state index in [-0.39, 0.29) is 11.4 Å². The first-order valence-corrected chi connectivity index (χ1v) is 10.8. The fourth-order valence-corrected chi connectivity index (χ4v) is 3.99. The van der Waals surface area contributed by atoms with Crippen molar-refractivity contribution in [3.05, 3.63) is 89.5 Å². The lowest BCUT2D eigenvalue weighted by Crippen LogP contribution is -2.16. The van der Waals surface area contributed by atoms with Crippen LogP contribution in [0.4, 0.5) is 0 Å². The zero-order chi connectivity index (χ0) is 21.4. The van der Waals surface area contributed by atoms with Gasteiger partial charge in [-0.3, -0.25) is 4.79 Å². The number of hydrogen-bond acceptors (Lipinski definition) is 2. The predicted molar refractivity (Wildman–Crippen MR) is 126 cm³/mol. The predicted octanol–water partition coefficient (Wildman–Crippen LogP) is 7.38. The van der Waals surface area contributed by atoms with Crippen molar-refractivity contribution in [1.82, 2.24) is 0 Å². The normalized spacial score (nSPS) is 17.2. The third-order valence-corrected chi connectivity index (χ3v) is 5.26. The van der Waals surface area contributed by atoms with E-state index in [4.69, 9.17) is 4.74 Å². The highest BCUT2D eigenvalue weighted by atomic mass is 16.5. The van der Waals surface area contributed by atoms with Gasteiger partial charge in [0.1, 0.15) is 0 Å². The van der Waals surface area contributed by atoms with Gasteiger partial charge in [0.15, 0.2) is 0 Å². The molecule has 2 aromatic carbocycles. The van der Waals surface area contributed by atoms with Crippen LogP contribution in [0, 0.1) is 5.41 Å². The monoisotopic (exact) mass is 400 g/mol. The molecule has 156 valence electrons. The van der Waals surface area contributed by atoms with Crippen LogP contribution in [0.5, 0.6) is 0 Å². The molecule has 0 fully saturated rings. The maximum Gasteiger partial charge on any atom is 0.306 e. The molecule has 2 nitrogen and oxygen atoms in total. The van der Waals surface area contributed by atoms with Gasteiger partial charge in [0, 0.05) is 6.42 Å². The largest absolute Gasteiger partial charge is 0.466 e. The molecule has 2 aromatic rings. The number of carbonyl (C=O) groups excluding carboxylic acids is 1. The molecule has 1 aliphatic rings. The third-order valence-electron chi connectivity index (χ3n) is 5.26. The van der Waals surface area contributed by atoms with E-state index in [1.807, 2.05) is 13.0 Å². The minimum atomic E-state index is -0.125. The van der Waals surface area contributed by atoms with Gasteiger partial charge < -0.3 is 4.74 Å². The molecule has 0 saturated carbocycles. The lowest BCUT2D eigenvalue weighted by Gasteiger charge is -2.30. The maximum atomic E-state index is 11.5. The summed E-state index contributed by atoms with van der Waals surface area (Å²) in [6.45, 7) is 6.92. The van der Waals surface area contributed by atoms with Gasteiger partial charge in [0.25, 0.3) is 0 Å². The van der Waals surface area contributed by atoms with Crippen LogP contribution in [-0.2, 0) is 9.53 Å². The summed E-state index contributed by atoms with van der Waals surface area (Å²) in [5, 5.41) is 0. The van der Waals surface area contributed by atoms with Crippen molar-refractivity contribution in [2.75, 3.05) is 6.61 Å². The van der Waals surface area contributed by atoms with Crippen LogP contribution in [-0.4, -0.2) is 12.6 Å². The van der Waals surface area contributed by atoms with Gasteiger partial charge in [-0.2, -0.15) is 0 Å². The van der Waals surface area contributed by atoms with Crippen LogP contribution < -0.4 is 0 Å². The standard InChI is InChI=1S/C28H32O2/c1-4-30-27(29)13-9-8-10-23-19-24(21-28(2,3)20-23)18-22-14-16-26(17-15-22)25-11-6-5-7-12-25/h5-8,10-12,14-19H,4,9,13,20-21H2,1-3H3/b10-8+,24-18-. The summed E-state index contributed by atoms with van der Waals surface area (Å²) in [5.74, 6) is -0.125. The second kappa shape index (κ2) is 10.2. The van der Waals surface area contributed by atoms with Gasteiger partial charge in [0.05, 0.1) is 6.61 Å². The first-order chi connectivity index (χ1) is 14.4. The minimum absolute atomic E-state index is 0.125. The molecular weight excluding hydrogens is 368 g/mol. The molecule has 2 heteroatoms. The van der Waals surface area contributed by atoms with Crippen LogP contribution in [0.1, 0.15) is 52.0 Å². The summed E-state index contributed by atoms with van der Waals surface area (Å²) in [7, 11) is 0. The van der Waals surface area contributed by atoms with E-state index < -0.39 is 0 Å². The highest BCUT2D eigenvalue weighted by Gasteiger charge is 2.24. The highest BCUT2D eigenvalue weighted by Crippen LogP contribution is 2.39. The SMILES string of the molecule is CCOC(=O)CC/C=C/C1=CC(=C/c2ccc(-c3ccccc3)cc2)/CC(C)(C)C1. The molecule has 0 unspecified atom stereocenters. The number of carbonyl (C=O) groups is 1. The molecule has 0 aromatic heterocycles. The Morgan fingerprint density at radius 1 is 1.00 bits per heavy atom. The van der Waals surface area contributed by atoms with Crippen LogP contribution in [0.2, 0.25) is 0 Å². The lowest BCUT2D eigenvalue weighted by atomic mass is 9.75. The first-order valence-electron chi connectivity index (χ1n) is 10.8. The molecule has 0 heterocycles. The summed E-state index contributed by atoms with van der Waals surface area (Å²) >= 11 is 0. The topological polar surface area (TPSA) is 26.3 Å². The molecular formula is C28H32O2. The highest BCUT2D eigenvalue weighted by molar-refractivity contribution is 5.69. The summed E-state index contributed by atoms with van der Waals surface area (Å²) in [4.78, 5) is 11.5.